The molecule has 188 valence electrons. The van der Waals surface area contributed by atoms with Crippen LogP contribution in [0.1, 0.15) is 23.7 Å². The standard InChI is InChI=1S/C19H17F2N3O3.C6H13NS/c20-19(21)27-15-3-1-2-14(11-15)24-17-5-4-13(12-25)10-16(17)18(22-24)23-6-8-26-9-7-23;1-6(7-2)3-4-8-5-6/h1-5,10-12,19H,6-9H2;7H,3-5H2,1-2H3. The molecule has 0 amide bonds. The van der Waals surface area contributed by atoms with Crippen molar-refractivity contribution >= 4 is 34.8 Å². The van der Waals surface area contributed by atoms with E-state index in [9.17, 15) is 13.6 Å². The summed E-state index contributed by atoms with van der Waals surface area (Å²) >= 11 is 2.04. The highest BCUT2D eigenvalue weighted by atomic mass is 32.2. The van der Waals surface area contributed by atoms with Crippen molar-refractivity contribution in [3.05, 3.63) is 48.0 Å². The Morgan fingerprint density at radius 2 is 2.03 bits per heavy atom. The summed E-state index contributed by atoms with van der Waals surface area (Å²) in [6, 6.07) is 11.7. The van der Waals surface area contributed by atoms with Gasteiger partial charge in [0.2, 0.25) is 0 Å². The Bertz CT molecular complexity index is 1140. The summed E-state index contributed by atoms with van der Waals surface area (Å²) in [4.78, 5) is 13.3. The molecule has 2 aromatic carbocycles. The maximum Gasteiger partial charge on any atom is 0.387 e. The van der Waals surface area contributed by atoms with E-state index in [4.69, 9.17) is 9.84 Å². The molecule has 0 saturated carbocycles. The number of carbonyl (C=O) groups is 1. The molecule has 1 atom stereocenters. The number of thioether (sulfide) groups is 1. The molecule has 0 bridgehead atoms. The monoisotopic (exact) mass is 504 g/mol. The smallest absolute Gasteiger partial charge is 0.387 e. The lowest BCUT2D eigenvalue weighted by molar-refractivity contribution is -0.0498. The molecule has 0 aliphatic carbocycles. The number of benzene rings is 2. The van der Waals surface area contributed by atoms with Gasteiger partial charge < -0.3 is 19.7 Å². The number of aldehydes is 1. The van der Waals surface area contributed by atoms with Gasteiger partial charge in [0.25, 0.3) is 0 Å². The second-order valence-electron chi connectivity index (χ2n) is 8.72. The van der Waals surface area contributed by atoms with Gasteiger partial charge in [-0.1, -0.05) is 6.07 Å². The minimum Gasteiger partial charge on any atom is -0.435 e. The molecule has 3 heterocycles. The van der Waals surface area contributed by atoms with Crippen LogP contribution in [0.25, 0.3) is 16.6 Å². The van der Waals surface area contributed by atoms with Gasteiger partial charge in [-0.15, -0.1) is 5.10 Å². The van der Waals surface area contributed by atoms with E-state index in [0.717, 1.165) is 23.0 Å². The number of nitrogens with one attached hydrogen (secondary N) is 1. The summed E-state index contributed by atoms with van der Waals surface area (Å²) in [7, 11) is 2.05. The van der Waals surface area contributed by atoms with Gasteiger partial charge in [0.05, 0.1) is 24.4 Å². The van der Waals surface area contributed by atoms with Crippen molar-refractivity contribution < 1.29 is 23.0 Å². The van der Waals surface area contributed by atoms with E-state index in [-0.39, 0.29) is 5.75 Å². The zero-order chi connectivity index (χ0) is 24.8. The van der Waals surface area contributed by atoms with Gasteiger partial charge >= 0.3 is 6.61 Å². The predicted molar refractivity (Wildman–Crippen MR) is 136 cm³/mol. The number of anilines is 1. The molecule has 0 spiro atoms. The lowest BCUT2D eigenvalue weighted by Gasteiger charge is -2.27. The number of rotatable bonds is 6. The van der Waals surface area contributed by atoms with E-state index in [1.807, 2.05) is 18.8 Å². The van der Waals surface area contributed by atoms with Crippen LogP contribution in [0.3, 0.4) is 0 Å². The van der Waals surface area contributed by atoms with E-state index in [1.165, 1.54) is 30.1 Å². The van der Waals surface area contributed by atoms with Crippen LogP contribution < -0.4 is 15.0 Å². The van der Waals surface area contributed by atoms with Crippen LogP contribution in [0, 0.1) is 0 Å². The Morgan fingerprint density at radius 3 is 2.66 bits per heavy atom. The molecule has 1 N–H and O–H groups in total. The van der Waals surface area contributed by atoms with E-state index >= 15 is 0 Å². The first-order valence-corrected chi connectivity index (χ1v) is 12.7. The van der Waals surface area contributed by atoms with Crippen molar-refractivity contribution in [3.63, 3.8) is 0 Å². The van der Waals surface area contributed by atoms with Crippen LogP contribution >= 0.6 is 11.8 Å². The number of fused-ring (bicyclic) bond motifs is 1. The molecule has 10 heteroatoms. The lowest BCUT2D eigenvalue weighted by Crippen LogP contribution is -2.39. The first-order valence-electron chi connectivity index (χ1n) is 11.5. The van der Waals surface area contributed by atoms with Gasteiger partial charge in [0, 0.05) is 41.4 Å². The molecule has 5 rings (SSSR count). The van der Waals surface area contributed by atoms with Crippen LogP contribution in [0.15, 0.2) is 42.5 Å². The fourth-order valence-corrected chi connectivity index (χ4v) is 5.53. The van der Waals surface area contributed by atoms with Gasteiger partial charge in [-0.3, -0.25) is 4.79 Å². The predicted octanol–water partition coefficient (Wildman–Crippen LogP) is 4.38. The fourth-order valence-electron chi connectivity index (χ4n) is 4.05. The van der Waals surface area contributed by atoms with E-state index < -0.39 is 6.61 Å². The molecular weight excluding hydrogens is 474 g/mol. The fraction of sp³-hybridized carbons (Fsp3) is 0.440. The largest absolute Gasteiger partial charge is 0.435 e. The third-order valence-corrected chi connectivity index (χ3v) is 7.57. The minimum atomic E-state index is -2.89. The van der Waals surface area contributed by atoms with Crippen molar-refractivity contribution in [2.45, 2.75) is 25.5 Å². The summed E-state index contributed by atoms with van der Waals surface area (Å²) in [5.41, 5.74) is 2.36. The van der Waals surface area contributed by atoms with Crippen molar-refractivity contribution in [3.8, 4) is 11.4 Å². The van der Waals surface area contributed by atoms with E-state index in [0.29, 0.717) is 43.1 Å². The number of aromatic nitrogens is 2. The van der Waals surface area contributed by atoms with Crippen LogP contribution in [0.2, 0.25) is 0 Å². The van der Waals surface area contributed by atoms with E-state index in [1.54, 1.807) is 35.0 Å². The average molecular weight is 505 g/mol. The molecule has 35 heavy (non-hydrogen) atoms. The summed E-state index contributed by atoms with van der Waals surface area (Å²) in [5, 5.41) is 8.85. The minimum absolute atomic E-state index is 0.0589. The van der Waals surface area contributed by atoms with Crippen LogP contribution in [-0.2, 0) is 4.74 Å². The van der Waals surface area contributed by atoms with Crippen molar-refractivity contribution in [2.75, 3.05) is 49.8 Å². The maximum atomic E-state index is 12.5. The average Bonchev–Trinajstić information content (AvgIpc) is 3.49. The molecule has 0 radical (unpaired) electrons. The van der Waals surface area contributed by atoms with Gasteiger partial charge in [0.15, 0.2) is 5.82 Å². The quantitative estimate of drug-likeness (QED) is 0.500. The second-order valence-corrected chi connectivity index (χ2v) is 9.82. The van der Waals surface area contributed by atoms with Crippen molar-refractivity contribution in [1.82, 2.24) is 15.1 Å². The summed E-state index contributed by atoms with van der Waals surface area (Å²) in [5.74, 6) is 3.40. The van der Waals surface area contributed by atoms with Crippen LogP contribution in [0.4, 0.5) is 14.6 Å². The molecular formula is C25H30F2N4O3S. The maximum absolute atomic E-state index is 12.5. The summed E-state index contributed by atoms with van der Waals surface area (Å²) < 4.78 is 36.7. The normalized spacial score (nSPS) is 20.1. The Hall–Kier alpha value is -2.69. The Kier molecular flexibility index (Phi) is 8.25. The number of nitrogens with zero attached hydrogens (tertiary/aromatic N) is 3. The molecule has 3 aromatic rings. The van der Waals surface area contributed by atoms with Crippen molar-refractivity contribution in [1.29, 1.82) is 0 Å². The highest BCUT2D eigenvalue weighted by Crippen LogP contribution is 2.31. The third-order valence-electron chi connectivity index (χ3n) is 6.24. The molecule has 2 aliphatic rings. The van der Waals surface area contributed by atoms with Gasteiger partial charge in [-0.25, -0.2) is 4.68 Å². The number of morpholine rings is 1. The molecule has 1 aromatic heterocycles. The second kappa shape index (κ2) is 11.4. The van der Waals surface area contributed by atoms with Gasteiger partial charge in [-0.05, 0) is 56.5 Å². The summed E-state index contributed by atoms with van der Waals surface area (Å²) in [6.45, 7) is 1.96. The Labute approximate surface area is 207 Å². The van der Waals surface area contributed by atoms with Crippen molar-refractivity contribution in [2.24, 2.45) is 0 Å². The topological polar surface area (TPSA) is 68.6 Å². The Morgan fingerprint density at radius 1 is 1.23 bits per heavy atom. The van der Waals surface area contributed by atoms with Gasteiger partial charge in [-0.2, -0.15) is 20.5 Å². The first-order chi connectivity index (χ1) is 16.9. The SMILES string of the molecule is CNC1(C)CCSC1.O=Cc1ccc2c(c1)c(N1CCOCC1)nn2-c1cccc(OC(F)F)c1. The number of hydrogen-bond acceptors (Lipinski definition) is 7. The number of halogens is 2. The molecule has 2 saturated heterocycles. The van der Waals surface area contributed by atoms with E-state index in [2.05, 4.69) is 21.9 Å². The summed E-state index contributed by atoms with van der Waals surface area (Å²) in [6.07, 6.45) is 2.12. The van der Waals surface area contributed by atoms with Crippen LogP contribution in [0.5, 0.6) is 5.75 Å². The number of ether oxygens (including phenoxy) is 2. The van der Waals surface area contributed by atoms with Crippen LogP contribution in [-0.4, -0.2) is 73.1 Å². The molecule has 2 fully saturated rings. The zero-order valence-electron chi connectivity index (χ0n) is 19.9. The third kappa shape index (κ3) is 6.12. The molecule has 2 aliphatic heterocycles. The first kappa shape index (κ1) is 25.4. The highest BCUT2D eigenvalue weighted by Gasteiger charge is 2.26. The number of alkyl halides is 2. The zero-order valence-corrected chi connectivity index (χ0v) is 20.7. The molecule has 7 nitrogen and oxygen atoms in total. The molecule has 1 unspecified atom stereocenters. The number of hydrogen-bond donors (Lipinski definition) is 1. The Balaban J connectivity index is 0.000000308. The lowest BCUT2D eigenvalue weighted by atomic mass is 10.0. The van der Waals surface area contributed by atoms with Gasteiger partial charge in [0.1, 0.15) is 12.0 Å². The highest BCUT2D eigenvalue weighted by molar-refractivity contribution is 7.99. The number of carbonyl (C=O) groups excluding carboxylic acids is 1.